The van der Waals surface area contributed by atoms with Crippen molar-refractivity contribution in [3.63, 3.8) is 0 Å². The molecule has 1 aliphatic rings. The Hall–Kier alpha value is -2.61. The van der Waals surface area contributed by atoms with Gasteiger partial charge in [0.2, 0.25) is 5.15 Å². The summed E-state index contributed by atoms with van der Waals surface area (Å²) in [5.74, 6) is -0.977. The number of hydrogen-bond acceptors (Lipinski definition) is 5. The molecule has 0 radical (unpaired) electrons. The van der Waals surface area contributed by atoms with Crippen LogP contribution in [-0.2, 0) is 0 Å². The molecule has 1 aromatic carbocycles. The van der Waals surface area contributed by atoms with Crippen LogP contribution in [0.3, 0.4) is 0 Å². The van der Waals surface area contributed by atoms with E-state index in [1.54, 1.807) is 6.92 Å². The number of likely N-dealkylation sites (tertiary alicyclic amines) is 1. The Kier molecular flexibility index (Phi) is 5.13. The Morgan fingerprint density at radius 1 is 1.31 bits per heavy atom. The van der Waals surface area contributed by atoms with Crippen molar-refractivity contribution in [3.8, 4) is 0 Å². The predicted octanol–water partition coefficient (Wildman–Crippen LogP) is 4.22. The molecule has 0 bridgehead atoms. The summed E-state index contributed by atoms with van der Waals surface area (Å²) in [5, 5.41) is 11.1. The summed E-state index contributed by atoms with van der Waals surface area (Å²) in [7, 11) is 0. The average Bonchev–Trinajstić information content (AvgIpc) is 3.08. The lowest BCUT2D eigenvalue weighted by molar-refractivity contribution is -0.385. The number of aryl methyl sites for hydroxylation is 1. The summed E-state index contributed by atoms with van der Waals surface area (Å²) in [5.41, 5.74) is -0.158. The molecule has 1 fully saturated rings. The second-order valence-corrected chi connectivity index (χ2v) is 6.26. The SMILES string of the molecule is Cc1nc(Cl)c([N+](=O)[O-])c(/C=C(/c2cc(F)ccc2F)N2CCCC2)n1. The van der Waals surface area contributed by atoms with Crippen molar-refractivity contribution < 1.29 is 13.7 Å². The monoisotopic (exact) mass is 380 g/mol. The number of benzene rings is 1. The molecule has 6 nitrogen and oxygen atoms in total. The van der Waals surface area contributed by atoms with Gasteiger partial charge >= 0.3 is 5.69 Å². The second kappa shape index (κ2) is 7.33. The van der Waals surface area contributed by atoms with Gasteiger partial charge in [0.1, 0.15) is 23.2 Å². The van der Waals surface area contributed by atoms with Crippen molar-refractivity contribution >= 4 is 29.1 Å². The fourth-order valence-electron chi connectivity index (χ4n) is 2.94. The molecule has 0 spiro atoms. The lowest BCUT2D eigenvalue weighted by Gasteiger charge is -2.22. The maximum absolute atomic E-state index is 14.4. The molecule has 9 heteroatoms. The maximum Gasteiger partial charge on any atom is 0.331 e. The summed E-state index contributed by atoms with van der Waals surface area (Å²) in [6.07, 6.45) is 3.15. The fourth-order valence-corrected chi connectivity index (χ4v) is 3.23. The van der Waals surface area contributed by atoms with E-state index >= 15 is 0 Å². The van der Waals surface area contributed by atoms with Crippen molar-refractivity contribution in [1.29, 1.82) is 0 Å². The third kappa shape index (κ3) is 3.65. The van der Waals surface area contributed by atoms with Crippen LogP contribution in [0.15, 0.2) is 18.2 Å². The first-order valence-corrected chi connectivity index (χ1v) is 8.35. The minimum absolute atomic E-state index is 0.0218. The molecule has 0 aliphatic carbocycles. The molecule has 1 aliphatic heterocycles. The van der Waals surface area contributed by atoms with Gasteiger partial charge in [0.25, 0.3) is 0 Å². The van der Waals surface area contributed by atoms with Crippen LogP contribution < -0.4 is 0 Å². The smallest absolute Gasteiger partial charge is 0.331 e. The summed E-state index contributed by atoms with van der Waals surface area (Å²) in [6, 6.07) is 3.12. The highest BCUT2D eigenvalue weighted by molar-refractivity contribution is 6.31. The van der Waals surface area contributed by atoms with Gasteiger partial charge in [0.15, 0.2) is 0 Å². The molecule has 0 amide bonds. The van der Waals surface area contributed by atoms with E-state index in [9.17, 15) is 18.9 Å². The Labute approximate surface area is 153 Å². The van der Waals surface area contributed by atoms with Gasteiger partial charge in [-0.25, -0.2) is 18.7 Å². The molecule has 1 aromatic heterocycles. The molecular formula is C17H15ClF2N4O2. The van der Waals surface area contributed by atoms with Crippen molar-refractivity contribution in [2.24, 2.45) is 0 Å². The van der Waals surface area contributed by atoms with Gasteiger partial charge in [-0.3, -0.25) is 10.1 Å². The minimum atomic E-state index is -0.683. The maximum atomic E-state index is 14.4. The lowest BCUT2D eigenvalue weighted by atomic mass is 10.1. The molecule has 3 rings (SSSR count). The normalized spacial score (nSPS) is 14.8. The van der Waals surface area contributed by atoms with E-state index in [-0.39, 0.29) is 22.2 Å². The highest BCUT2D eigenvalue weighted by Crippen LogP contribution is 2.32. The second-order valence-electron chi connectivity index (χ2n) is 5.90. The van der Waals surface area contributed by atoms with Gasteiger partial charge in [-0.05, 0) is 44.0 Å². The number of nitro groups is 1. The van der Waals surface area contributed by atoms with Gasteiger partial charge in [0.05, 0.1) is 4.92 Å². The number of halogens is 3. The van der Waals surface area contributed by atoms with Crippen LogP contribution in [0.4, 0.5) is 14.5 Å². The first-order chi connectivity index (χ1) is 12.4. The highest BCUT2D eigenvalue weighted by atomic mass is 35.5. The Bertz CT molecular complexity index is 899. The number of aromatic nitrogens is 2. The third-order valence-electron chi connectivity index (χ3n) is 4.09. The number of rotatable bonds is 4. The molecule has 0 unspecified atom stereocenters. The molecule has 136 valence electrons. The van der Waals surface area contributed by atoms with Crippen LogP contribution >= 0.6 is 11.6 Å². The van der Waals surface area contributed by atoms with Gasteiger partial charge in [-0.1, -0.05) is 11.6 Å². The average molecular weight is 381 g/mol. The largest absolute Gasteiger partial charge is 0.371 e. The van der Waals surface area contributed by atoms with Crippen molar-refractivity contribution in [2.75, 3.05) is 13.1 Å². The van der Waals surface area contributed by atoms with Crippen LogP contribution in [0.2, 0.25) is 5.15 Å². The first-order valence-electron chi connectivity index (χ1n) is 7.97. The lowest BCUT2D eigenvalue weighted by Crippen LogP contribution is -2.18. The van der Waals surface area contributed by atoms with E-state index in [4.69, 9.17) is 11.6 Å². The standard InChI is InChI=1S/C17H15ClF2N4O2/c1-10-21-14(16(24(25)26)17(18)22-10)9-15(23-6-2-3-7-23)12-8-11(19)4-5-13(12)20/h4-5,8-9H,2-3,6-7H2,1H3/b15-9-. The van der Waals surface area contributed by atoms with Crippen LogP contribution in [0.25, 0.3) is 11.8 Å². The quantitative estimate of drug-likeness (QED) is 0.451. The summed E-state index contributed by atoms with van der Waals surface area (Å²) in [6.45, 7) is 2.81. The van der Waals surface area contributed by atoms with Gasteiger partial charge in [0, 0.05) is 24.4 Å². The molecule has 2 heterocycles. The predicted molar refractivity (Wildman–Crippen MR) is 93.5 cm³/mol. The Morgan fingerprint density at radius 3 is 2.65 bits per heavy atom. The van der Waals surface area contributed by atoms with E-state index in [0.29, 0.717) is 18.8 Å². The molecular weight excluding hydrogens is 366 g/mol. The van der Waals surface area contributed by atoms with E-state index < -0.39 is 22.2 Å². The van der Waals surface area contributed by atoms with Gasteiger partial charge in [-0.2, -0.15) is 0 Å². The number of nitrogens with zero attached hydrogens (tertiary/aromatic N) is 4. The zero-order chi connectivity index (χ0) is 18.8. The van der Waals surface area contributed by atoms with E-state index in [0.717, 1.165) is 31.0 Å². The Balaban J connectivity index is 2.23. The molecule has 0 N–H and O–H groups in total. The topological polar surface area (TPSA) is 72.2 Å². The van der Waals surface area contributed by atoms with Crippen LogP contribution in [0.1, 0.15) is 29.9 Å². The first kappa shape index (κ1) is 18.2. The molecule has 2 aromatic rings. The van der Waals surface area contributed by atoms with E-state index in [2.05, 4.69) is 9.97 Å². The van der Waals surface area contributed by atoms with Gasteiger partial charge in [-0.15, -0.1) is 0 Å². The van der Waals surface area contributed by atoms with E-state index in [1.807, 2.05) is 4.90 Å². The van der Waals surface area contributed by atoms with Gasteiger partial charge < -0.3 is 4.90 Å². The summed E-state index contributed by atoms with van der Waals surface area (Å²) < 4.78 is 28.1. The van der Waals surface area contributed by atoms with Crippen LogP contribution in [0.5, 0.6) is 0 Å². The highest BCUT2D eigenvalue weighted by Gasteiger charge is 2.25. The summed E-state index contributed by atoms with van der Waals surface area (Å²) in [4.78, 5) is 20.4. The fraction of sp³-hybridized carbons (Fsp3) is 0.294. The van der Waals surface area contributed by atoms with Crippen LogP contribution in [0, 0.1) is 28.7 Å². The molecule has 1 saturated heterocycles. The van der Waals surface area contributed by atoms with Crippen molar-refractivity contribution in [1.82, 2.24) is 14.9 Å². The molecule has 0 saturated carbocycles. The van der Waals surface area contributed by atoms with Crippen LogP contribution in [-0.4, -0.2) is 32.9 Å². The zero-order valence-electron chi connectivity index (χ0n) is 13.9. The number of hydrogen-bond donors (Lipinski definition) is 0. The Morgan fingerprint density at radius 2 is 2.00 bits per heavy atom. The summed E-state index contributed by atoms with van der Waals surface area (Å²) >= 11 is 5.91. The molecule has 26 heavy (non-hydrogen) atoms. The molecule has 0 atom stereocenters. The van der Waals surface area contributed by atoms with Crippen molar-refractivity contribution in [2.45, 2.75) is 19.8 Å². The van der Waals surface area contributed by atoms with E-state index in [1.165, 1.54) is 6.08 Å². The van der Waals surface area contributed by atoms with Crippen molar-refractivity contribution in [3.05, 3.63) is 62.2 Å². The zero-order valence-corrected chi connectivity index (χ0v) is 14.6. The minimum Gasteiger partial charge on any atom is -0.371 e. The third-order valence-corrected chi connectivity index (χ3v) is 4.35.